The molecule has 18 heavy (non-hydrogen) atoms. The van der Waals surface area contributed by atoms with Gasteiger partial charge in [-0.25, -0.2) is 0 Å². The molecule has 98 valence electrons. The Labute approximate surface area is 110 Å². The van der Waals surface area contributed by atoms with E-state index in [9.17, 15) is 9.59 Å². The van der Waals surface area contributed by atoms with E-state index in [1.165, 1.54) is 11.3 Å². The lowest BCUT2D eigenvalue weighted by molar-refractivity contribution is -0.117. The van der Waals surface area contributed by atoms with E-state index in [1.807, 2.05) is 6.07 Å². The lowest BCUT2D eigenvalue weighted by atomic mass is 10.1. The van der Waals surface area contributed by atoms with Crippen molar-refractivity contribution >= 4 is 22.9 Å². The number of ketones is 2. The van der Waals surface area contributed by atoms with Crippen LogP contribution in [0.15, 0.2) is 12.1 Å². The van der Waals surface area contributed by atoms with Crippen LogP contribution in [0, 0.1) is 0 Å². The van der Waals surface area contributed by atoms with E-state index in [4.69, 9.17) is 9.47 Å². The van der Waals surface area contributed by atoms with Crippen molar-refractivity contribution in [3.05, 3.63) is 21.9 Å². The van der Waals surface area contributed by atoms with Gasteiger partial charge in [0.1, 0.15) is 5.78 Å². The second-order valence-corrected chi connectivity index (χ2v) is 5.37. The standard InChI is InChI=1S/C13H16O4S/c1-9(14)3-2-4-10(15)11-5-6-12(18-11)13-16-7-8-17-13/h5-6,13H,2-4,7-8H2,1H3. The minimum absolute atomic E-state index is 0.0884. The first kappa shape index (κ1) is 13.4. The fourth-order valence-electron chi connectivity index (χ4n) is 1.77. The molecule has 5 heteroatoms. The van der Waals surface area contributed by atoms with E-state index in [-0.39, 0.29) is 17.9 Å². The maximum Gasteiger partial charge on any atom is 0.193 e. The first-order chi connectivity index (χ1) is 8.66. The molecule has 2 heterocycles. The average molecular weight is 268 g/mol. The van der Waals surface area contributed by atoms with Crippen LogP contribution in [0.25, 0.3) is 0 Å². The van der Waals surface area contributed by atoms with Crippen LogP contribution in [0.2, 0.25) is 0 Å². The van der Waals surface area contributed by atoms with Gasteiger partial charge < -0.3 is 14.3 Å². The molecule has 0 aliphatic carbocycles. The summed E-state index contributed by atoms with van der Waals surface area (Å²) >= 11 is 1.41. The summed E-state index contributed by atoms with van der Waals surface area (Å²) in [6.07, 6.45) is 1.21. The van der Waals surface area contributed by atoms with Crippen LogP contribution in [0.4, 0.5) is 0 Å². The number of rotatable bonds is 6. The maximum atomic E-state index is 11.9. The fourth-order valence-corrected chi connectivity index (χ4v) is 2.75. The van der Waals surface area contributed by atoms with E-state index in [0.29, 0.717) is 37.4 Å². The molecule has 0 saturated carbocycles. The Balaban J connectivity index is 1.88. The summed E-state index contributed by atoms with van der Waals surface area (Å²) in [7, 11) is 0. The highest BCUT2D eigenvalue weighted by atomic mass is 32.1. The van der Waals surface area contributed by atoms with Crippen LogP contribution in [0.5, 0.6) is 0 Å². The van der Waals surface area contributed by atoms with Crippen molar-refractivity contribution in [3.8, 4) is 0 Å². The lowest BCUT2D eigenvalue weighted by Gasteiger charge is -2.04. The van der Waals surface area contributed by atoms with Crippen molar-refractivity contribution in [2.24, 2.45) is 0 Å². The molecule has 2 rings (SSSR count). The van der Waals surface area contributed by atoms with E-state index in [0.717, 1.165) is 4.88 Å². The van der Waals surface area contributed by atoms with E-state index in [1.54, 1.807) is 13.0 Å². The normalized spacial score (nSPS) is 16.1. The minimum atomic E-state index is -0.311. The first-order valence-corrected chi connectivity index (χ1v) is 6.84. The van der Waals surface area contributed by atoms with E-state index < -0.39 is 0 Å². The number of hydrogen-bond donors (Lipinski definition) is 0. The average Bonchev–Trinajstić information content (AvgIpc) is 2.99. The van der Waals surface area contributed by atoms with Gasteiger partial charge in [0.15, 0.2) is 12.1 Å². The summed E-state index contributed by atoms with van der Waals surface area (Å²) in [6, 6.07) is 3.68. The second-order valence-electron chi connectivity index (χ2n) is 4.25. The summed E-state index contributed by atoms with van der Waals surface area (Å²) in [6.45, 7) is 2.75. The first-order valence-electron chi connectivity index (χ1n) is 6.02. The molecule has 0 atom stereocenters. The minimum Gasteiger partial charge on any atom is -0.345 e. The number of hydrogen-bond acceptors (Lipinski definition) is 5. The van der Waals surface area contributed by atoms with Crippen molar-refractivity contribution < 1.29 is 19.1 Å². The van der Waals surface area contributed by atoms with E-state index >= 15 is 0 Å². The number of Topliss-reactive ketones (excluding diaryl/α,β-unsaturated/α-hetero) is 2. The summed E-state index contributed by atoms with van der Waals surface area (Å²) in [4.78, 5) is 24.3. The molecule has 1 aliphatic rings. The zero-order valence-corrected chi connectivity index (χ0v) is 11.1. The van der Waals surface area contributed by atoms with Crippen LogP contribution < -0.4 is 0 Å². The topological polar surface area (TPSA) is 52.6 Å². The van der Waals surface area contributed by atoms with Crippen LogP contribution >= 0.6 is 11.3 Å². The quantitative estimate of drug-likeness (QED) is 0.744. The molecule has 0 spiro atoms. The van der Waals surface area contributed by atoms with Gasteiger partial charge in [-0.05, 0) is 25.5 Å². The number of carbonyl (C=O) groups is 2. The predicted molar refractivity (Wildman–Crippen MR) is 67.8 cm³/mol. The van der Waals surface area contributed by atoms with Crippen molar-refractivity contribution in [1.29, 1.82) is 0 Å². The smallest absolute Gasteiger partial charge is 0.193 e. The van der Waals surface area contributed by atoms with Gasteiger partial charge in [0.2, 0.25) is 0 Å². The molecule has 1 aromatic heterocycles. The number of ether oxygens (including phenoxy) is 2. The third-order valence-corrected chi connectivity index (χ3v) is 3.84. The van der Waals surface area contributed by atoms with Crippen molar-refractivity contribution in [2.45, 2.75) is 32.5 Å². The van der Waals surface area contributed by atoms with Crippen LogP contribution in [0.1, 0.15) is 47.0 Å². The fraction of sp³-hybridized carbons (Fsp3) is 0.538. The Morgan fingerprint density at radius 3 is 2.67 bits per heavy atom. The van der Waals surface area contributed by atoms with Gasteiger partial charge in [0.25, 0.3) is 0 Å². The summed E-state index contributed by atoms with van der Waals surface area (Å²) < 4.78 is 10.8. The monoisotopic (exact) mass is 268 g/mol. The maximum absolute atomic E-state index is 11.9. The molecule has 4 nitrogen and oxygen atoms in total. The molecule has 0 bridgehead atoms. The van der Waals surface area contributed by atoms with Crippen molar-refractivity contribution in [1.82, 2.24) is 0 Å². The third-order valence-electron chi connectivity index (χ3n) is 2.69. The van der Waals surface area contributed by atoms with Crippen LogP contribution in [0.3, 0.4) is 0 Å². The molecular formula is C13H16O4S. The SMILES string of the molecule is CC(=O)CCCC(=O)c1ccc(C2OCCO2)s1. The Morgan fingerprint density at radius 2 is 2.00 bits per heavy atom. The molecule has 0 amide bonds. The Kier molecular flexibility index (Phi) is 4.63. The van der Waals surface area contributed by atoms with Gasteiger partial charge in [-0.15, -0.1) is 11.3 Å². The van der Waals surface area contributed by atoms with Gasteiger partial charge in [-0.3, -0.25) is 4.79 Å². The molecule has 1 aliphatic heterocycles. The zero-order chi connectivity index (χ0) is 13.0. The summed E-state index contributed by atoms with van der Waals surface area (Å²) in [5, 5.41) is 0. The Morgan fingerprint density at radius 1 is 1.28 bits per heavy atom. The van der Waals surface area contributed by atoms with Gasteiger partial charge >= 0.3 is 0 Å². The third kappa shape index (κ3) is 3.48. The van der Waals surface area contributed by atoms with Gasteiger partial charge in [0.05, 0.1) is 23.0 Å². The highest BCUT2D eigenvalue weighted by molar-refractivity contribution is 7.14. The van der Waals surface area contributed by atoms with Crippen LogP contribution in [-0.2, 0) is 14.3 Å². The lowest BCUT2D eigenvalue weighted by Crippen LogP contribution is -1.98. The molecule has 0 aromatic carbocycles. The zero-order valence-electron chi connectivity index (χ0n) is 10.3. The molecule has 1 aromatic rings. The molecule has 0 radical (unpaired) electrons. The van der Waals surface area contributed by atoms with Gasteiger partial charge in [-0.1, -0.05) is 0 Å². The second kappa shape index (κ2) is 6.22. The van der Waals surface area contributed by atoms with Gasteiger partial charge in [-0.2, -0.15) is 0 Å². The van der Waals surface area contributed by atoms with E-state index in [2.05, 4.69) is 0 Å². The van der Waals surface area contributed by atoms with Gasteiger partial charge in [0, 0.05) is 12.8 Å². The molecule has 0 unspecified atom stereocenters. The summed E-state index contributed by atoms with van der Waals surface area (Å²) in [5.41, 5.74) is 0. The highest BCUT2D eigenvalue weighted by Crippen LogP contribution is 2.30. The predicted octanol–water partition coefficient (Wildman–Crippen LogP) is 2.74. The summed E-state index contributed by atoms with van der Waals surface area (Å²) in [5.74, 6) is 0.216. The molecular weight excluding hydrogens is 252 g/mol. The molecule has 1 fully saturated rings. The Bertz CT molecular complexity index is 432. The molecule has 0 N–H and O–H groups in total. The van der Waals surface area contributed by atoms with Crippen molar-refractivity contribution in [3.63, 3.8) is 0 Å². The number of carbonyl (C=O) groups excluding carboxylic acids is 2. The van der Waals surface area contributed by atoms with Crippen molar-refractivity contribution in [2.75, 3.05) is 13.2 Å². The van der Waals surface area contributed by atoms with Crippen LogP contribution in [-0.4, -0.2) is 24.8 Å². The highest BCUT2D eigenvalue weighted by Gasteiger charge is 2.21. The Hall–Kier alpha value is -1.04. The largest absolute Gasteiger partial charge is 0.345 e. The molecule has 1 saturated heterocycles. The number of thiophene rings is 1.